The van der Waals surface area contributed by atoms with Crippen LogP contribution in [0.5, 0.6) is 11.5 Å². The zero-order valence-corrected chi connectivity index (χ0v) is 14.0. The highest BCUT2D eigenvalue weighted by Gasteiger charge is 2.27. The highest BCUT2D eigenvalue weighted by molar-refractivity contribution is 6.00. The molecule has 3 nitrogen and oxygen atoms in total. The number of unbranched alkanes of at least 4 members (excludes halogenated alkanes) is 7. The number of carbonyl (C=O) groups excluding carboxylic acids is 1. The minimum Gasteiger partial charge on any atom is -0.504 e. The lowest BCUT2D eigenvalue weighted by molar-refractivity contribution is 0.0950. The van der Waals surface area contributed by atoms with E-state index >= 15 is 0 Å². The van der Waals surface area contributed by atoms with Gasteiger partial charge in [-0.2, -0.15) is 4.39 Å². The van der Waals surface area contributed by atoms with Gasteiger partial charge in [0.15, 0.2) is 18.2 Å². The van der Waals surface area contributed by atoms with Crippen molar-refractivity contribution in [1.29, 1.82) is 0 Å². The van der Waals surface area contributed by atoms with Gasteiger partial charge in [0.2, 0.25) is 11.6 Å². The van der Waals surface area contributed by atoms with Crippen LogP contribution in [0.3, 0.4) is 0 Å². The monoisotopic (exact) mass is 346 g/mol. The van der Waals surface area contributed by atoms with E-state index in [0.29, 0.717) is 6.42 Å². The minimum absolute atomic E-state index is 0.0242. The Morgan fingerprint density at radius 3 is 1.96 bits per heavy atom. The third kappa shape index (κ3) is 5.14. The largest absolute Gasteiger partial charge is 0.504 e. The van der Waals surface area contributed by atoms with Crippen LogP contribution in [-0.2, 0) is 6.42 Å². The van der Waals surface area contributed by atoms with Crippen molar-refractivity contribution >= 4 is 5.78 Å². The first-order valence-electron chi connectivity index (χ1n) is 8.46. The molecule has 0 fully saturated rings. The summed E-state index contributed by atoms with van der Waals surface area (Å²) in [5.74, 6) is -6.42. The second-order valence-electron chi connectivity index (χ2n) is 5.96. The zero-order chi connectivity index (χ0) is 18.1. The average molecular weight is 346 g/mol. The number of carbonyl (C=O) groups is 1. The Labute approximate surface area is 140 Å². The predicted molar refractivity (Wildman–Crippen MR) is 86.3 cm³/mol. The first-order valence-corrected chi connectivity index (χ1v) is 8.46. The van der Waals surface area contributed by atoms with Crippen molar-refractivity contribution in [3.8, 4) is 11.5 Å². The van der Waals surface area contributed by atoms with E-state index in [4.69, 9.17) is 0 Å². The molecule has 2 N–H and O–H groups in total. The van der Waals surface area contributed by atoms with Crippen molar-refractivity contribution in [2.24, 2.45) is 0 Å². The molecule has 0 radical (unpaired) electrons. The van der Waals surface area contributed by atoms with Crippen LogP contribution in [0.25, 0.3) is 0 Å². The van der Waals surface area contributed by atoms with Crippen molar-refractivity contribution in [1.82, 2.24) is 0 Å². The van der Waals surface area contributed by atoms with Gasteiger partial charge in [0.25, 0.3) is 0 Å². The lowest BCUT2D eigenvalue weighted by Crippen LogP contribution is -2.09. The number of benzene rings is 1. The van der Waals surface area contributed by atoms with Crippen LogP contribution in [0, 0.1) is 11.6 Å². The molecule has 0 amide bonds. The van der Waals surface area contributed by atoms with Crippen molar-refractivity contribution in [2.45, 2.75) is 64.7 Å². The molecule has 6 heteroatoms. The Kier molecular flexibility index (Phi) is 8.65. The third-order valence-corrected chi connectivity index (χ3v) is 4.10. The number of phenolic OH excluding ortho intramolecular Hbond substituents is 2. The van der Waals surface area contributed by atoms with E-state index in [1.54, 1.807) is 0 Å². The molecule has 0 heterocycles. The fourth-order valence-electron chi connectivity index (χ4n) is 2.70. The molecule has 0 atom stereocenters. The number of alkyl halides is 1. The summed E-state index contributed by atoms with van der Waals surface area (Å²) in [5, 5.41) is 19.1. The van der Waals surface area contributed by atoms with Gasteiger partial charge in [0.05, 0.1) is 0 Å². The third-order valence-electron chi connectivity index (χ3n) is 4.10. The summed E-state index contributed by atoms with van der Waals surface area (Å²) in [7, 11) is 0. The summed E-state index contributed by atoms with van der Waals surface area (Å²) < 4.78 is 40.5. The summed E-state index contributed by atoms with van der Waals surface area (Å²) >= 11 is 0. The zero-order valence-electron chi connectivity index (χ0n) is 14.0. The van der Waals surface area contributed by atoms with Gasteiger partial charge in [-0.3, -0.25) is 4.79 Å². The van der Waals surface area contributed by atoms with Gasteiger partial charge >= 0.3 is 0 Å². The number of aromatic hydroxyl groups is 2. The fraction of sp³-hybridized carbons (Fsp3) is 0.611. The SMILES string of the molecule is CCCCCCCCCCc1c(O)c(F)c(O)c(C(=O)CF)c1F. The molecule has 136 valence electrons. The predicted octanol–water partition coefficient (Wildman–Crippen LogP) is 5.21. The van der Waals surface area contributed by atoms with Crippen molar-refractivity contribution in [3.05, 3.63) is 22.8 Å². The molecule has 0 spiro atoms. The summed E-state index contributed by atoms with van der Waals surface area (Å²) in [4.78, 5) is 11.3. The van der Waals surface area contributed by atoms with E-state index in [1.165, 1.54) is 19.3 Å². The standard InChI is InChI=1S/C18H25F3O3/c1-2-3-4-5-6-7-8-9-10-12-15(20)14(13(22)11-19)18(24)16(21)17(12)23/h23-24H,2-11H2,1H3. The van der Waals surface area contributed by atoms with Gasteiger partial charge in [0, 0.05) is 5.56 Å². The number of rotatable bonds is 11. The van der Waals surface area contributed by atoms with Gasteiger partial charge in [-0.25, -0.2) is 8.78 Å². The lowest BCUT2D eigenvalue weighted by atomic mass is 9.98. The topological polar surface area (TPSA) is 57.5 Å². The van der Waals surface area contributed by atoms with Crippen LogP contribution in [-0.4, -0.2) is 22.7 Å². The molecular formula is C18H25F3O3. The second-order valence-corrected chi connectivity index (χ2v) is 5.96. The fourth-order valence-corrected chi connectivity index (χ4v) is 2.70. The smallest absolute Gasteiger partial charge is 0.207 e. The van der Waals surface area contributed by atoms with E-state index in [2.05, 4.69) is 6.92 Å². The van der Waals surface area contributed by atoms with Crippen LogP contribution in [0.15, 0.2) is 0 Å². The van der Waals surface area contributed by atoms with Crippen molar-refractivity contribution in [2.75, 3.05) is 6.67 Å². The summed E-state index contributed by atoms with van der Waals surface area (Å²) in [5.41, 5.74) is -1.41. The van der Waals surface area contributed by atoms with Gasteiger partial charge < -0.3 is 10.2 Å². The lowest BCUT2D eigenvalue weighted by Gasteiger charge is -2.12. The number of hydrogen-bond acceptors (Lipinski definition) is 3. The Bertz CT molecular complexity index is 559. The molecule has 0 aliphatic carbocycles. The van der Waals surface area contributed by atoms with E-state index in [-0.39, 0.29) is 12.0 Å². The number of ketones is 1. The molecule has 0 bridgehead atoms. The second kappa shape index (κ2) is 10.2. The molecule has 0 aromatic heterocycles. The van der Waals surface area contributed by atoms with Gasteiger partial charge in [0.1, 0.15) is 11.4 Å². The van der Waals surface area contributed by atoms with Gasteiger partial charge in [-0.15, -0.1) is 0 Å². The maximum atomic E-state index is 14.3. The number of halogens is 3. The van der Waals surface area contributed by atoms with Gasteiger partial charge in [-0.05, 0) is 12.8 Å². The number of Topliss-reactive ketones (excluding diaryl/α,β-unsaturated/α-hetero) is 1. The van der Waals surface area contributed by atoms with Crippen LogP contribution in [0.1, 0.15) is 74.2 Å². The normalized spacial score (nSPS) is 11.0. The van der Waals surface area contributed by atoms with Crippen LogP contribution in [0.4, 0.5) is 13.2 Å². The van der Waals surface area contributed by atoms with E-state index < -0.39 is 41.2 Å². The van der Waals surface area contributed by atoms with E-state index in [1.807, 2.05) is 0 Å². The van der Waals surface area contributed by atoms with Crippen LogP contribution < -0.4 is 0 Å². The Balaban J connectivity index is 2.68. The first-order chi connectivity index (χ1) is 11.5. The van der Waals surface area contributed by atoms with E-state index in [9.17, 15) is 28.2 Å². The highest BCUT2D eigenvalue weighted by atomic mass is 19.1. The molecule has 1 aromatic carbocycles. The molecule has 0 aliphatic heterocycles. The van der Waals surface area contributed by atoms with Crippen LogP contribution >= 0.6 is 0 Å². The molecule has 0 unspecified atom stereocenters. The molecule has 1 aromatic rings. The summed E-state index contributed by atoms with van der Waals surface area (Å²) in [6, 6.07) is 0. The Hall–Kier alpha value is -1.72. The molecule has 0 saturated heterocycles. The maximum Gasteiger partial charge on any atom is 0.207 e. The van der Waals surface area contributed by atoms with Crippen molar-refractivity contribution in [3.63, 3.8) is 0 Å². The quantitative estimate of drug-likeness (QED) is 0.427. The maximum absolute atomic E-state index is 14.3. The average Bonchev–Trinajstić information content (AvgIpc) is 2.57. The Morgan fingerprint density at radius 1 is 0.875 bits per heavy atom. The van der Waals surface area contributed by atoms with Crippen LogP contribution in [0.2, 0.25) is 0 Å². The Morgan fingerprint density at radius 2 is 1.42 bits per heavy atom. The molecule has 0 aliphatic rings. The summed E-state index contributed by atoms with van der Waals surface area (Å²) in [6.07, 6.45) is 8.01. The van der Waals surface area contributed by atoms with E-state index in [0.717, 1.165) is 25.7 Å². The summed E-state index contributed by atoms with van der Waals surface area (Å²) in [6.45, 7) is 0.589. The highest BCUT2D eigenvalue weighted by Crippen LogP contribution is 2.36. The molecule has 0 saturated carbocycles. The number of phenols is 2. The molecule has 1 rings (SSSR count). The first kappa shape index (κ1) is 20.3. The minimum atomic E-state index is -1.55. The molecule has 24 heavy (non-hydrogen) atoms. The molecular weight excluding hydrogens is 321 g/mol. The van der Waals surface area contributed by atoms with Gasteiger partial charge in [-0.1, -0.05) is 51.9 Å². The number of hydrogen-bond donors (Lipinski definition) is 2. The van der Waals surface area contributed by atoms with Crippen molar-refractivity contribution < 1.29 is 28.2 Å².